The highest BCUT2D eigenvalue weighted by molar-refractivity contribution is 5.70. The Bertz CT molecular complexity index is 641. The van der Waals surface area contributed by atoms with Crippen LogP contribution in [0.4, 0.5) is 0 Å². The standard InChI is InChI=1S/C19H28O9/c1-10(2)5-16(23)28-18-17-14(13(7-20)8-25-18)6-15(27-12(4)22)19(17,24)9-26-11(3)21/h8,10,14-15,17-18,20,24H,5-7,9H2,1-4H3/t14-,15+,17-,18+,19-/m1/s1. The van der Waals surface area contributed by atoms with E-state index < -0.39 is 54.3 Å². The zero-order chi connectivity index (χ0) is 21.1. The number of esters is 3. The molecule has 1 fully saturated rings. The van der Waals surface area contributed by atoms with Gasteiger partial charge in [-0.05, 0) is 17.9 Å². The zero-order valence-electron chi connectivity index (χ0n) is 16.5. The highest BCUT2D eigenvalue weighted by Crippen LogP contribution is 2.50. The number of ether oxygens (including phenoxy) is 4. The molecule has 0 saturated heterocycles. The van der Waals surface area contributed by atoms with Crippen molar-refractivity contribution < 1.29 is 43.5 Å². The maximum Gasteiger partial charge on any atom is 0.309 e. The molecule has 0 bridgehead atoms. The minimum Gasteiger partial charge on any atom is -0.463 e. The Morgan fingerprint density at radius 2 is 1.93 bits per heavy atom. The van der Waals surface area contributed by atoms with Crippen LogP contribution < -0.4 is 0 Å². The van der Waals surface area contributed by atoms with Crippen molar-refractivity contribution in [3.63, 3.8) is 0 Å². The summed E-state index contributed by atoms with van der Waals surface area (Å²) >= 11 is 0. The lowest BCUT2D eigenvalue weighted by Gasteiger charge is -2.40. The molecule has 1 heterocycles. The molecule has 28 heavy (non-hydrogen) atoms. The SMILES string of the molecule is CC(=O)OC[C@]1(O)[C@H]2[C@H](OC(=O)CC(C)C)OC=C(CO)[C@H]2C[C@@H]1OC(C)=O. The molecule has 0 spiro atoms. The van der Waals surface area contributed by atoms with Crippen LogP contribution in [0.15, 0.2) is 11.8 Å². The molecule has 0 aromatic carbocycles. The van der Waals surface area contributed by atoms with Crippen LogP contribution in [0.1, 0.15) is 40.5 Å². The van der Waals surface area contributed by atoms with Crippen molar-refractivity contribution in [2.24, 2.45) is 17.8 Å². The Balaban J connectivity index is 2.36. The van der Waals surface area contributed by atoms with Crippen molar-refractivity contribution in [2.75, 3.05) is 13.2 Å². The van der Waals surface area contributed by atoms with Crippen molar-refractivity contribution in [3.05, 3.63) is 11.8 Å². The van der Waals surface area contributed by atoms with Crippen molar-refractivity contribution in [3.8, 4) is 0 Å². The molecule has 0 unspecified atom stereocenters. The maximum absolute atomic E-state index is 12.2. The quantitative estimate of drug-likeness (QED) is 0.468. The molecule has 158 valence electrons. The van der Waals surface area contributed by atoms with Crippen LogP contribution in [0.25, 0.3) is 0 Å². The number of aliphatic hydroxyl groups is 2. The van der Waals surface area contributed by atoms with Gasteiger partial charge in [-0.2, -0.15) is 0 Å². The fourth-order valence-corrected chi connectivity index (χ4v) is 3.80. The van der Waals surface area contributed by atoms with Gasteiger partial charge in [0.25, 0.3) is 0 Å². The number of carbonyl (C=O) groups excluding carboxylic acids is 3. The van der Waals surface area contributed by atoms with Crippen LogP contribution in [0.5, 0.6) is 0 Å². The van der Waals surface area contributed by atoms with Gasteiger partial charge in [-0.1, -0.05) is 13.8 Å². The third-order valence-corrected chi connectivity index (χ3v) is 4.98. The molecule has 1 saturated carbocycles. The number of hydrogen-bond acceptors (Lipinski definition) is 9. The van der Waals surface area contributed by atoms with Crippen LogP contribution in [-0.4, -0.2) is 59.3 Å². The van der Waals surface area contributed by atoms with Crippen LogP contribution in [0.2, 0.25) is 0 Å². The average molecular weight is 400 g/mol. The van der Waals surface area contributed by atoms with Gasteiger partial charge in [0.2, 0.25) is 6.29 Å². The highest BCUT2D eigenvalue weighted by Gasteiger charge is 2.63. The summed E-state index contributed by atoms with van der Waals surface area (Å²) < 4.78 is 21.2. The van der Waals surface area contributed by atoms with E-state index in [9.17, 15) is 24.6 Å². The number of rotatable bonds is 7. The molecule has 9 heteroatoms. The Morgan fingerprint density at radius 1 is 1.25 bits per heavy atom. The third kappa shape index (κ3) is 4.82. The second-order valence-corrected chi connectivity index (χ2v) is 7.68. The number of aliphatic hydroxyl groups excluding tert-OH is 1. The van der Waals surface area contributed by atoms with Crippen molar-refractivity contribution in [1.29, 1.82) is 0 Å². The van der Waals surface area contributed by atoms with E-state index in [1.54, 1.807) is 0 Å². The molecular formula is C19H28O9. The van der Waals surface area contributed by atoms with E-state index in [1.807, 2.05) is 13.8 Å². The number of fused-ring (bicyclic) bond motifs is 1. The van der Waals surface area contributed by atoms with Gasteiger partial charge in [-0.3, -0.25) is 14.4 Å². The minimum absolute atomic E-state index is 0.0627. The molecule has 0 aromatic heterocycles. The molecule has 5 atom stereocenters. The van der Waals surface area contributed by atoms with Gasteiger partial charge in [0.05, 0.1) is 18.8 Å². The molecule has 2 aliphatic rings. The lowest BCUT2D eigenvalue weighted by atomic mass is 9.80. The Labute approximate surface area is 163 Å². The largest absolute Gasteiger partial charge is 0.463 e. The first-order chi connectivity index (χ1) is 13.1. The summed E-state index contributed by atoms with van der Waals surface area (Å²) in [5, 5.41) is 21.0. The Hall–Kier alpha value is -2.13. The van der Waals surface area contributed by atoms with Gasteiger partial charge in [-0.15, -0.1) is 0 Å². The van der Waals surface area contributed by atoms with Gasteiger partial charge in [0, 0.05) is 26.2 Å². The zero-order valence-corrected chi connectivity index (χ0v) is 16.5. The van der Waals surface area contributed by atoms with Crippen LogP contribution >= 0.6 is 0 Å². The summed E-state index contributed by atoms with van der Waals surface area (Å²) in [7, 11) is 0. The molecule has 0 amide bonds. The molecule has 0 radical (unpaired) electrons. The first-order valence-corrected chi connectivity index (χ1v) is 9.26. The van der Waals surface area contributed by atoms with Crippen molar-refractivity contribution in [2.45, 2.75) is 58.5 Å². The molecular weight excluding hydrogens is 372 g/mol. The highest BCUT2D eigenvalue weighted by atomic mass is 16.7. The lowest BCUT2D eigenvalue weighted by Crippen LogP contribution is -2.55. The summed E-state index contributed by atoms with van der Waals surface area (Å²) in [6.45, 7) is 5.30. The van der Waals surface area contributed by atoms with Crippen LogP contribution in [-0.2, 0) is 33.3 Å². The maximum atomic E-state index is 12.2. The summed E-state index contributed by atoms with van der Waals surface area (Å²) in [5.74, 6) is -3.06. The topological polar surface area (TPSA) is 129 Å². The fourth-order valence-electron chi connectivity index (χ4n) is 3.80. The summed E-state index contributed by atoms with van der Waals surface area (Å²) in [6, 6.07) is 0. The predicted molar refractivity (Wildman–Crippen MR) is 94.3 cm³/mol. The summed E-state index contributed by atoms with van der Waals surface area (Å²) in [4.78, 5) is 35.0. The smallest absolute Gasteiger partial charge is 0.309 e. The van der Waals surface area contributed by atoms with E-state index in [1.165, 1.54) is 20.1 Å². The van der Waals surface area contributed by atoms with Crippen molar-refractivity contribution >= 4 is 17.9 Å². The average Bonchev–Trinajstić information content (AvgIpc) is 2.86. The molecule has 1 aliphatic carbocycles. The van der Waals surface area contributed by atoms with Gasteiger partial charge in [-0.25, -0.2) is 0 Å². The predicted octanol–water partition coefficient (Wildman–Crippen LogP) is 0.670. The number of hydrogen-bond donors (Lipinski definition) is 2. The minimum atomic E-state index is -1.85. The molecule has 2 rings (SSSR count). The first kappa shape index (κ1) is 22.2. The molecule has 0 aromatic rings. The fraction of sp³-hybridized carbons (Fsp3) is 0.737. The van der Waals surface area contributed by atoms with Gasteiger partial charge in [0.15, 0.2) is 0 Å². The van der Waals surface area contributed by atoms with E-state index in [0.29, 0.717) is 5.57 Å². The summed E-state index contributed by atoms with van der Waals surface area (Å²) in [5.41, 5.74) is -1.38. The third-order valence-electron chi connectivity index (χ3n) is 4.98. The second kappa shape index (κ2) is 8.91. The lowest BCUT2D eigenvalue weighted by molar-refractivity contribution is -0.225. The van der Waals surface area contributed by atoms with Gasteiger partial charge in [0.1, 0.15) is 18.3 Å². The normalized spacial score (nSPS) is 31.5. The molecule has 1 aliphatic heterocycles. The van der Waals surface area contributed by atoms with Crippen molar-refractivity contribution in [1.82, 2.24) is 0 Å². The monoisotopic (exact) mass is 400 g/mol. The number of carbonyl (C=O) groups is 3. The van der Waals surface area contributed by atoms with Gasteiger partial charge < -0.3 is 29.2 Å². The van der Waals surface area contributed by atoms with Crippen LogP contribution in [0, 0.1) is 17.8 Å². The molecule has 9 nitrogen and oxygen atoms in total. The Kier molecular flexibility index (Phi) is 7.06. The first-order valence-electron chi connectivity index (χ1n) is 9.26. The molecule has 2 N–H and O–H groups in total. The summed E-state index contributed by atoms with van der Waals surface area (Å²) in [6.07, 6.45) is -0.578. The van der Waals surface area contributed by atoms with E-state index >= 15 is 0 Å². The second-order valence-electron chi connectivity index (χ2n) is 7.68. The van der Waals surface area contributed by atoms with E-state index in [4.69, 9.17) is 18.9 Å². The van der Waals surface area contributed by atoms with E-state index in [2.05, 4.69) is 0 Å². The van der Waals surface area contributed by atoms with Crippen LogP contribution in [0.3, 0.4) is 0 Å². The van der Waals surface area contributed by atoms with E-state index in [-0.39, 0.29) is 25.4 Å². The van der Waals surface area contributed by atoms with Gasteiger partial charge >= 0.3 is 17.9 Å². The van der Waals surface area contributed by atoms with E-state index in [0.717, 1.165) is 0 Å². The Morgan fingerprint density at radius 3 is 2.46 bits per heavy atom.